The Hall–Kier alpha value is -4.03. The molecular weight excluding hydrogens is 360 g/mol. The van der Waals surface area contributed by atoms with E-state index in [9.17, 15) is 34.6 Å². The van der Waals surface area contributed by atoms with Gasteiger partial charge in [0.25, 0.3) is 0 Å². The molecule has 0 amide bonds. The van der Waals surface area contributed by atoms with Gasteiger partial charge in [0, 0.05) is 0 Å². The SMILES string of the molecule is O=C(COC(=O)c1ccc([N+](=O)[O-])o1)COC(=O)c1ccc([N+](=O)[O-])o1. The molecule has 136 valence electrons. The molecule has 13 heteroatoms. The van der Waals surface area contributed by atoms with Gasteiger partial charge in [0.1, 0.15) is 9.85 Å². The number of esters is 2. The van der Waals surface area contributed by atoms with E-state index in [1.807, 2.05) is 0 Å². The third-order valence-electron chi connectivity index (χ3n) is 2.67. The molecular formula is C13H8N2O11. The van der Waals surface area contributed by atoms with Gasteiger partial charge in [-0.3, -0.25) is 25.0 Å². The Balaban J connectivity index is 1.79. The van der Waals surface area contributed by atoms with E-state index in [-0.39, 0.29) is 0 Å². The van der Waals surface area contributed by atoms with Crippen LogP contribution in [-0.2, 0) is 14.3 Å². The quantitative estimate of drug-likeness (QED) is 0.371. The van der Waals surface area contributed by atoms with Crippen LogP contribution in [-0.4, -0.2) is 40.8 Å². The number of nitrogens with zero attached hydrogens (tertiary/aromatic N) is 2. The van der Waals surface area contributed by atoms with E-state index in [0.717, 1.165) is 24.3 Å². The summed E-state index contributed by atoms with van der Waals surface area (Å²) in [6.07, 6.45) is 0. The van der Waals surface area contributed by atoms with Crippen molar-refractivity contribution in [3.05, 3.63) is 56.0 Å². The van der Waals surface area contributed by atoms with Crippen LogP contribution in [0, 0.1) is 20.2 Å². The first kappa shape index (κ1) is 18.3. The smallest absolute Gasteiger partial charge is 0.433 e. The molecule has 0 spiro atoms. The van der Waals surface area contributed by atoms with E-state index in [1.54, 1.807) is 0 Å². The summed E-state index contributed by atoms with van der Waals surface area (Å²) in [6.45, 7) is -1.59. The zero-order valence-corrected chi connectivity index (χ0v) is 12.6. The molecule has 2 rings (SSSR count). The number of carbonyl (C=O) groups is 3. The summed E-state index contributed by atoms with van der Waals surface area (Å²) in [5, 5.41) is 20.8. The Morgan fingerprint density at radius 3 is 1.50 bits per heavy atom. The number of rotatable bonds is 8. The number of Topliss-reactive ketones (excluding diaryl/α,β-unsaturated/α-hetero) is 1. The number of ketones is 1. The van der Waals surface area contributed by atoms with E-state index in [2.05, 4.69) is 18.3 Å². The van der Waals surface area contributed by atoms with Crippen LogP contribution in [0.2, 0.25) is 0 Å². The fourth-order valence-electron chi connectivity index (χ4n) is 1.55. The first-order valence-electron chi connectivity index (χ1n) is 6.62. The van der Waals surface area contributed by atoms with E-state index in [1.165, 1.54) is 0 Å². The fourth-order valence-corrected chi connectivity index (χ4v) is 1.55. The van der Waals surface area contributed by atoms with Gasteiger partial charge in [0.2, 0.25) is 17.3 Å². The van der Waals surface area contributed by atoms with Gasteiger partial charge in [-0.05, 0) is 12.1 Å². The highest BCUT2D eigenvalue weighted by molar-refractivity contribution is 5.92. The van der Waals surface area contributed by atoms with Gasteiger partial charge >= 0.3 is 23.7 Å². The minimum absolute atomic E-state index is 0.482. The maximum atomic E-state index is 11.5. The van der Waals surface area contributed by atoms with Crippen molar-refractivity contribution in [2.45, 2.75) is 0 Å². The molecule has 0 bridgehead atoms. The largest absolute Gasteiger partial charge is 0.452 e. The Morgan fingerprint density at radius 2 is 1.19 bits per heavy atom. The molecule has 0 saturated heterocycles. The highest BCUT2D eigenvalue weighted by Crippen LogP contribution is 2.17. The molecule has 13 nitrogen and oxygen atoms in total. The summed E-state index contributed by atoms with van der Waals surface area (Å²) in [7, 11) is 0. The summed E-state index contributed by atoms with van der Waals surface area (Å²) in [6, 6.07) is 3.86. The summed E-state index contributed by atoms with van der Waals surface area (Å²) in [4.78, 5) is 53.7. The normalized spacial score (nSPS) is 10.2. The van der Waals surface area contributed by atoms with Crippen molar-refractivity contribution in [3.63, 3.8) is 0 Å². The number of furan rings is 2. The topological polar surface area (TPSA) is 182 Å². The molecule has 0 aliphatic heterocycles. The van der Waals surface area contributed by atoms with Crippen molar-refractivity contribution in [1.82, 2.24) is 0 Å². The fraction of sp³-hybridized carbons (Fsp3) is 0.154. The first-order chi connectivity index (χ1) is 12.3. The number of nitro groups is 2. The van der Waals surface area contributed by atoms with Crippen LogP contribution in [0.4, 0.5) is 11.8 Å². The van der Waals surface area contributed by atoms with E-state index in [0.29, 0.717) is 0 Å². The molecule has 0 fully saturated rings. The second kappa shape index (κ2) is 7.69. The molecule has 2 aromatic heterocycles. The van der Waals surface area contributed by atoms with E-state index >= 15 is 0 Å². The van der Waals surface area contributed by atoms with Crippen molar-refractivity contribution in [3.8, 4) is 0 Å². The van der Waals surface area contributed by atoms with Crippen molar-refractivity contribution in [2.75, 3.05) is 13.2 Å². The number of ether oxygens (including phenoxy) is 2. The Morgan fingerprint density at radius 1 is 0.808 bits per heavy atom. The van der Waals surface area contributed by atoms with Crippen molar-refractivity contribution in [1.29, 1.82) is 0 Å². The van der Waals surface area contributed by atoms with Crippen molar-refractivity contribution < 1.29 is 42.5 Å². The molecule has 2 heterocycles. The first-order valence-corrected chi connectivity index (χ1v) is 6.62. The molecule has 26 heavy (non-hydrogen) atoms. The van der Waals surface area contributed by atoms with Crippen LogP contribution >= 0.6 is 0 Å². The van der Waals surface area contributed by atoms with Gasteiger partial charge in [0.15, 0.2) is 13.2 Å². The van der Waals surface area contributed by atoms with Gasteiger partial charge in [-0.15, -0.1) is 0 Å². The number of carbonyl (C=O) groups excluding carboxylic acids is 3. The van der Waals surface area contributed by atoms with Crippen LogP contribution in [0.15, 0.2) is 33.1 Å². The van der Waals surface area contributed by atoms with Gasteiger partial charge in [-0.2, -0.15) is 0 Å². The van der Waals surface area contributed by atoms with Gasteiger partial charge in [0.05, 0.1) is 12.1 Å². The van der Waals surface area contributed by atoms with Crippen molar-refractivity contribution in [2.24, 2.45) is 0 Å². The highest BCUT2D eigenvalue weighted by Gasteiger charge is 2.21. The van der Waals surface area contributed by atoms with Crippen LogP contribution in [0.5, 0.6) is 0 Å². The zero-order chi connectivity index (χ0) is 19.3. The molecule has 0 radical (unpaired) electrons. The van der Waals surface area contributed by atoms with Gasteiger partial charge in [-0.1, -0.05) is 0 Å². The Kier molecular flexibility index (Phi) is 5.42. The van der Waals surface area contributed by atoms with E-state index < -0.39 is 64.1 Å². The lowest BCUT2D eigenvalue weighted by molar-refractivity contribution is -0.402. The predicted molar refractivity (Wildman–Crippen MR) is 76.3 cm³/mol. The third kappa shape index (κ3) is 4.50. The standard InChI is InChI=1S/C13H8N2O11/c16-7(5-23-12(17)8-1-3-10(25-8)14(19)20)6-24-13(18)9-2-4-11(26-9)15(21)22/h1-4H,5-6H2. The number of hydrogen-bond acceptors (Lipinski definition) is 11. The highest BCUT2D eigenvalue weighted by atomic mass is 16.7. The minimum atomic E-state index is -1.13. The lowest BCUT2D eigenvalue weighted by Crippen LogP contribution is -2.20. The average Bonchev–Trinajstić information content (AvgIpc) is 3.26. The molecule has 2 aromatic rings. The molecule has 0 aliphatic rings. The summed E-state index contributed by atoms with van der Waals surface area (Å²) in [5.41, 5.74) is 0. The van der Waals surface area contributed by atoms with Gasteiger partial charge < -0.3 is 18.3 Å². The van der Waals surface area contributed by atoms with Crippen LogP contribution in [0.1, 0.15) is 21.1 Å². The maximum Gasteiger partial charge on any atom is 0.433 e. The van der Waals surface area contributed by atoms with Gasteiger partial charge in [-0.25, -0.2) is 9.59 Å². The van der Waals surface area contributed by atoms with E-state index in [4.69, 9.17) is 0 Å². The molecule has 0 atom stereocenters. The summed E-state index contributed by atoms with van der Waals surface area (Å²) >= 11 is 0. The molecule has 0 N–H and O–H groups in total. The second-order valence-electron chi connectivity index (χ2n) is 4.48. The Labute approximate surface area is 142 Å². The second-order valence-corrected chi connectivity index (χ2v) is 4.48. The van der Waals surface area contributed by atoms with Crippen LogP contribution in [0.25, 0.3) is 0 Å². The van der Waals surface area contributed by atoms with Crippen molar-refractivity contribution >= 4 is 29.5 Å². The minimum Gasteiger partial charge on any atom is -0.452 e. The third-order valence-corrected chi connectivity index (χ3v) is 2.67. The van der Waals surface area contributed by atoms with Crippen LogP contribution < -0.4 is 0 Å². The predicted octanol–water partition coefficient (Wildman–Crippen LogP) is 1.27. The lowest BCUT2D eigenvalue weighted by atomic mass is 10.4. The molecule has 0 aliphatic carbocycles. The molecule has 0 aromatic carbocycles. The summed E-state index contributed by atoms with van der Waals surface area (Å²) < 4.78 is 18.3. The lowest BCUT2D eigenvalue weighted by Gasteiger charge is -2.03. The monoisotopic (exact) mass is 368 g/mol. The average molecular weight is 368 g/mol. The zero-order valence-electron chi connectivity index (χ0n) is 12.6. The number of hydrogen-bond donors (Lipinski definition) is 0. The van der Waals surface area contributed by atoms with Crippen LogP contribution in [0.3, 0.4) is 0 Å². The summed E-state index contributed by atoms with van der Waals surface area (Å²) in [5.74, 6) is -5.39. The molecule has 0 unspecified atom stereocenters. The molecule has 0 saturated carbocycles. The Bertz CT molecular complexity index is 808. The maximum absolute atomic E-state index is 11.5.